The van der Waals surface area contributed by atoms with E-state index in [9.17, 15) is 51.5 Å². The summed E-state index contributed by atoms with van der Waals surface area (Å²) in [7, 11) is 9.66. The molecule has 548 valence electrons. The third-order valence-corrected chi connectivity index (χ3v) is 21.6. The van der Waals surface area contributed by atoms with Crippen LogP contribution in [0.4, 0.5) is 13.2 Å². The van der Waals surface area contributed by atoms with Crippen molar-refractivity contribution < 1.29 is 80.2 Å². The van der Waals surface area contributed by atoms with Gasteiger partial charge < -0.3 is 69.5 Å². The number of rotatable bonds is 12. The highest BCUT2D eigenvalue weighted by atomic mass is 35.5. The normalized spacial score (nSPS) is 29.5. The van der Waals surface area contributed by atoms with Gasteiger partial charge in [-0.2, -0.15) is 13.2 Å². The predicted octanol–water partition coefficient (Wildman–Crippen LogP) is 3.15. The van der Waals surface area contributed by atoms with Crippen molar-refractivity contribution in [2.24, 2.45) is 23.7 Å². The van der Waals surface area contributed by atoms with Crippen LogP contribution in [0.5, 0.6) is 0 Å². The highest BCUT2D eigenvalue weighted by molar-refractivity contribution is 6.21. The summed E-state index contributed by atoms with van der Waals surface area (Å²) in [5, 5.41) is 7.43. The fourth-order valence-corrected chi connectivity index (χ4v) is 15.3. The minimum absolute atomic E-state index is 0.0153. The molecular formula is C67H108ClF3N12O14. The van der Waals surface area contributed by atoms with Crippen molar-refractivity contribution in [2.45, 2.75) is 215 Å². The van der Waals surface area contributed by atoms with Gasteiger partial charge in [0.15, 0.2) is 0 Å². The van der Waals surface area contributed by atoms with E-state index in [4.69, 9.17) is 21.1 Å². The molecular weight excluding hydrogens is 1290 g/mol. The van der Waals surface area contributed by atoms with Crippen molar-refractivity contribution >= 4 is 82.5 Å². The van der Waals surface area contributed by atoms with Gasteiger partial charge in [0.1, 0.15) is 47.8 Å². The average molecular weight is 1400 g/mol. The standard InChI is InChI=1S/C67H108ClF3N12O14/c1-12-33-97-41-51-61(91)76(6)38-52(84)72-47(27-25-43-24-26-45(46(68)36-43)67(69,70)71)60(90)83-30-20-23-49(83)59(89)74-66(28-18-19-29-66)65(95)81(11)57(44-21-16-15-17-22-44)64(94)80(10)50(62(92)82-31-34-96-35-32-82)37-53(85)78(8)48(14-3)58(88)73-56(42(4)13-2)63(93)77(7)39-54(86)75(5)40-55(87)79(51)9/h42-51,56-57H,12-41H2,1-11H3,(H,72,84)(H,73,88)(H,74,89)/t42-,43?,45?,46?,47-,48-,49-,50-,51-,56-,57-/m0/s1. The molecule has 30 heteroatoms. The first-order valence-electron chi connectivity index (χ1n) is 35.0. The molecule has 0 aromatic carbocycles. The van der Waals surface area contributed by atoms with Gasteiger partial charge in [0.05, 0.1) is 51.8 Å². The molecule has 97 heavy (non-hydrogen) atoms. The lowest BCUT2D eigenvalue weighted by Crippen LogP contribution is -2.65. The van der Waals surface area contributed by atoms with Gasteiger partial charge in [-0.3, -0.25) is 57.5 Å². The molecule has 6 aliphatic rings. The first-order valence-corrected chi connectivity index (χ1v) is 35.4. The third-order valence-electron chi connectivity index (χ3n) is 21.1. The van der Waals surface area contributed by atoms with Crippen LogP contribution in [0.15, 0.2) is 0 Å². The molecule has 12 amide bonds. The Morgan fingerprint density at radius 3 is 1.90 bits per heavy atom. The predicted molar refractivity (Wildman–Crippen MR) is 352 cm³/mol. The summed E-state index contributed by atoms with van der Waals surface area (Å²) in [4.78, 5) is 188. The fraction of sp³-hybridized carbons (Fsp3) is 0.821. The molecule has 3 saturated heterocycles. The molecule has 3 aliphatic heterocycles. The van der Waals surface area contributed by atoms with Gasteiger partial charge in [-0.25, -0.2) is 0 Å². The summed E-state index contributed by atoms with van der Waals surface area (Å²) in [6, 6.07) is -8.93. The Morgan fingerprint density at radius 1 is 0.660 bits per heavy atom. The summed E-state index contributed by atoms with van der Waals surface area (Å²) in [5.41, 5.74) is -1.57. The van der Waals surface area contributed by atoms with Crippen molar-refractivity contribution in [3.05, 3.63) is 0 Å². The van der Waals surface area contributed by atoms with Gasteiger partial charge in [-0.05, 0) is 101 Å². The molecule has 1 spiro atoms. The number of amides is 12. The quantitative estimate of drug-likeness (QED) is 0.187. The molecule has 0 bridgehead atoms. The highest BCUT2D eigenvalue weighted by Crippen LogP contribution is 2.44. The van der Waals surface area contributed by atoms with E-state index in [-0.39, 0.29) is 110 Å². The molecule has 0 aromatic heterocycles. The molecule has 26 nitrogen and oxygen atoms in total. The summed E-state index contributed by atoms with van der Waals surface area (Å²) in [5.74, 6) is -11.1. The van der Waals surface area contributed by atoms with Gasteiger partial charge >= 0.3 is 6.18 Å². The number of carbonyl (C=O) groups is 12. The van der Waals surface area contributed by atoms with Gasteiger partial charge in [0, 0.05) is 81.0 Å². The molecule has 6 fully saturated rings. The van der Waals surface area contributed by atoms with Crippen molar-refractivity contribution in [1.29, 1.82) is 0 Å². The van der Waals surface area contributed by atoms with Crippen LogP contribution in [0.2, 0.25) is 0 Å². The fourth-order valence-electron chi connectivity index (χ4n) is 14.8. The van der Waals surface area contributed by atoms with Gasteiger partial charge in [-0.1, -0.05) is 66.2 Å². The van der Waals surface area contributed by atoms with Gasteiger partial charge in [0.25, 0.3) is 0 Å². The summed E-state index contributed by atoms with van der Waals surface area (Å²) >= 11 is 6.37. The first-order chi connectivity index (χ1) is 45.8. The Hall–Kier alpha value is -6.36. The number of alkyl halides is 4. The molecule has 0 aromatic rings. The lowest BCUT2D eigenvalue weighted by Gasteiger charge is -2.43. The molecule has 0 radical (unpaired) electrons. The Morgan fingerprint density at radius 2 is 1.29 bits per heavy atom. The number of carbonyl (C=O) groups excluding carboxylic acids is 12. The minimum atomic E-state index is -4.52. The third kappa shape index (κ3) is 20.2. The first kappa shape index (κ1) is 79.6. The van der Waals surface area contributed by atoms with Crippen LogP contribution in [0, 0.1) is 23.7 Å². The SMILES string of the molecule is CCCOC[C@H]1C(=O)N(C)CC(=O)N[C@@H](CCC2CCC(C(F)(F)F)C(Cl)C2)C(=O)N2CCC[C@H]2C(=O)NC2(CCCC2)C(=O)N(C)[C@@H](C2CCCCC2)C(=O)N(C)[C@H](C(=O)N2CCOCC2)CC(=O)N(C)[C@@H](CC)C(=O)N[C@@H]([C@@H](C)CC)C(=O)N(C)CC(=O)N(C)CC(=O)N1C. The Kier molecular flexibility index (Phi) is 29.6. The Bertz CT molecular complexity index is 2790. The van der Waals surface area contributed by atoms with Crippen LogP contribution >= 0.6 is 11.6 Å². The Labute approximate surface area is 574 Å². The van der Waals surface area contributed by atoms with Crippen LogP contribution in [0.3, 0.4) is 0 Å². The van der Waals surface area contributed by atoms with Crippen molar-refractivity contribution in [2.75, 3.05) is 115 Å². The molecule has 6 rings (SSSR count). The van der Waals surface area contributed by atoms with E-state index in [2.05, 4.69) is 16.0 Å². The smallest absolute Gasteiger partial charge is 0.379 e. The summed E-state index contributed by atoms with van der Waals surface area (Å²) in [6.07, 6.45) is 1.13. The zero-order valence-electron chi connectivity index (χ0n) is 58.9. The largest absolute Gasteiger partial charge is 0.393 e. The van der Waals surface area contributed by atoms with E-state index in [0.29, 0.717) is 44.9 Å². The number of nitrogens with one attached hydrogen (secondary N) is 3. The van der Waals surface area contributed by atoms with Crippen LogP contribution in [0.25, 0.3) is 0 Å². The van der Waals surface area contributed by atoms with E-state index < -0.39 is 174 Å². The lowest BCUT2D eigenvalue weighted by atomic mass is 9.78. The molecule has 3 heterocycles. The summed E-state index contributed by atoms with van der Waals surface area (Å²) in [6.45, 7) is 5.88. The van der Waals surface area contributed by atoms with Gasteiger partial charge in [-0.15, -0.1) is 11.6 Å². The van der Waals surface area contributed by atoms with E-state index >= 15 is 19.2 Å². The van der Waals surface area contributed by atoms with Crippen LogP contribution in [-0.2, 0) is 67.0 Å². The number of likely N-dealkylation sites (N-methyl/N-ethyl adjacent to an activating group) is 7. The average Bonchev–Trinajstić information content (AvgIpc) is 1.71. The van der Waals surface area contributed by atoms with Crippen LogP contribution in [-0.4, -0.2) is 289 Å². The molecule has 11 atom stereocenters. The number of hydrogen-bond donors (Lipinski definition) is 3. The topological polar surface area (TPSA) is 289 Å². The number of fused-ring (bicyclic) bond motifs is 1. The number of hydrogen-bond acceptors (Lipinski definition) is 14. The maximum absolute atomic E-state index is 15.7. The van der Waals surface area contributed by atoms with E-state index in [1.165, 1.54) is 73.8 Å². The number of halogens is 4. The Balaban J connectivity index is 1.40. The lowest BCUT2D eigenvalue weighted by molar-refractivity contribution is -0.182. The second-order valence-electron chi connectivity index (χ2n) is 27.9. The maximum atomic E-state index is 15.7. The summed E-state index contributed by atoms with van der Waals surface area (Å²) < 4.78 is 53.2. The van der Waals surface area contributed by atoms with E-state index in [1.807, 2.05) is 13.8 Å². The van der Waals surface area contributed by atoms with Crippen LogP contribution in [0.1, 0.15) is 156 Å². The number of nitrogens with zero attached hydrogens (tertiary/aromatic N) is 9. The number of ether oxygens (including phenoxy) is 2. The van der Waals surface area contributed by atoms with E-state index in [0.717, 1.165) is 38.9 Å². The van der Waals surface area contributed by atoms with Gasteiger partial charge in [0.2, 0.25) is 70.9 Å². The molecule has 3 N–H and O–H groups in total. The van der Waals surface area contributed by atoms with Crippen LogP contribution < -0.4 is 16.0 Å². The minimum Gasteiger partial charge on any atom is -0.379 e. The van der Waals surface area contributed by atoms with Crippen molar-refractivity contribution in [1.82, 2.24) is 60.0 Å². The van der Waals surface area contributed by atoms with Crippen molar-refractivity contribution in [3.8, 4) is 0 Å². The van der Waals surface area contributed by atoms with E-state index in [1.54, 1.807) is 13.8 Å². The monoisotopic (exact) mass is 1400 g/mol. The molecule has 3 aliphatic carbocycles. The maximum Gasteiger partial charge on any atom is 0.393 e. The highest BCUT2D eigenvalue weighted by Gasteiger charge is 2.52. The second kappa shape index (κ2) is 36.1. The zero-order valence-corrected chi connectivity index (χ0v) is 59.6. The van der Waals surface area contributed by atoms with Crippen molar-refractivity contribution in [3.63, 3.8) is 0 Å². The number of morpholine rings is 1. The molecule has 3 unspecified atom stereocenters. The zero-order chi connectivity index (χ0) is 71.8. The second-order valence-corrected chi connectivity index (χ2v) is 28.5. The molecule has 3 saturated carbocycles.